The molecule has 144 valence electrons. The van der Waals surface area contributed by atoms with E-state index in [-0.39, 0.29) is 23.8 Å². The monoisotopic (exact) mass is 370 g/mol. The molecule has 0 aromatic carbocycles. The third-order valence-electron chi connectivity index (χ3n) is 5.57. The molecule has 4 heterocycles. The standard InChI is InChI=1S/C19H26N6O2/c1-14(2)24-13-15(3-6-18(24)26)19(27)23-11-9-22(10-12-23)17-5-4-16-20-7-8-25(16)21-17/h4-5,7-8,14-15H,3,6,9-13H2,1-2H3. The van der Waals surface area contributed by atoms with Crippen molar-refractivity contribution >= 4 is 23.3 Å². The van der Waals surface area contributed by atoms with Gasteiger partial charge in [0.2, 0.25) is 11.8 Å². The van der Waals surface area contributed by atoms with Crippen molar-refractivity contribution in [2.75, 3.05) is 37.6 Å². The van der Waals surface area contributed by atoms with Crippen molar-refractivity contribution in [3.05, 3.63) is 24.5 Å². The largest absolute Gasteiger partial charge is 0.352 e. The number of nitrogens with zero attached hydrogens (tertiary/aromatic N) is 6. The fourth-order valence-electron chi connectivity index (χ4n) is 3.96. The molecule has 0 spiro atoms. The van der Waals surface area contributed by atoms with Crippen molar-refractivity contribution in [3.63, 3.8) is 0 Å². The Morgan fingerprint density at radius 1 is 1.19 bits per heavy atom. The van der Waals surface area contributed by atoms with Crippen LogP contribution >= 0.6 is 0 Å². The predicted molar refractivity (Wildman–Crippen MR) is 101 cm³/mol. The Kier molecular flexibility index (Phi) is 4.72. The molecule has 0 N–H and O–H groups in total. The van der Waals surface area contributed by atoms with E-state index in [1.807, 2.05) is 42.0 Å². The normalized spacial score (nSPS) is 21.4. The lowest BCUT2D eigenvalue weighted by Gasteiger charge is -2.40. The molecule has 2 aliphatic heterocycles. The first kappa shape index (κ1) is 17.8. The van der Waals surface area contributed by atoms with Crippen molar-refractivity contribution < 1.29 is 9.59 Å². The zero-order valence-electron chi connectivity index (χ0n) is 15.9. The van der Waals surface area contributed by atoms with Crippen LogP contribution in [0.3, 0.4) is 0 Å². The number of carbonyl (C=O) groups is 2. The van der Waals surface area contributed by atoms with Gasteiger partial charge in [0.05, 0.1) is 5.92 Å². The Balaban J connectivity index is 1.37. The van der Waals surface area contributed by atoms with Crippen LogP contribution in [0.1, 0.15) is 26.7 Å². The van der Waals surface area contributed by atoms with Gasteiger partial charge in [-0.2, -0.15) is 0 Å². The van der Waals surface area contributed by atoms with E-state index in [2.05, 4.69) is 15.0 Å². The zero-order chi connectivity index (χ0) is 19.0. The molecule has 1 atom stereocenters. The van der Waals surface area contributed by atoms with E-state index in [0.29, 0.717) is 32.5 Å². The minimum atomic E-state index is -0.0722. The van der Waals surface area contributed by atoms with Crippen LogP contribution in [-0.2, 0) is 9.59 Å². The lowest BCUT2D eigenvalue weighted by atomic mass is 9.94. The van der Waals surface area contributed by atoms with Crippen LogP contribution in [0.15, 0.2) is 24.5 Å². The fourth-order valence-corrected chi connectivity index (χ4v) is 3.96. The predicted octanol–water partition coefficient (Wildman–Crippen LogP) is 1.02. The number of fused-ring (bicyclic) bond motifs is 1. The average molecular weight is 370 g/mol. The molecule has 8 heteroatoms. The SMILES string of the molecule is CC(C)N1CC(C(=O)N2CCN(c3ccc4nccn4n3)CC2)CCC1=O. The summed E-state index contributed by atoms with van der Waals surface area (Å²) in [7, 11) is 0. The third-order valence-corrected chi connectivity index (χ3v) is 5.57. The molecular formula is C19H26N6O2. The highest BCUT2D eigenvalue weighted by molar-refractivity contribution is 5.84. The molecule has 2 aromatic heterocycles. The second-order valence-corrected chi connectivity index (χ2v) is 7.61. The molecule has 0 aliphatic carbocycles. The summed E-state index contributed by atoms with van der Waals surface area (Å²) < 4.78 is 1.77. The highest BCUT2D eigenvalue weighted by Gasteiger charge is 2.34. The summed E-state index contributed by atoms with van der Waals surface area (Å²) in [5.74, 6) is 1.18. The van der Waals surface area contributed by atoms with E-state index in [9.17, 15) is 9.59 Å². The molecule has 1 unspecified atom stereocenters. The fraction of sp³-hybridized carbons (Fsp3) is 0.579. The van der Waals surface area contributed by atoms with Crippen LogP contribution in [0.25, 0.3) is 5.65 Å². The van der Waals surface area contributed by atoms with Gasteiger partial charge in [-0.05, 0) is 32.4 Å². The lowest BCUT2D eigenvalue weighted by molar-refractivity contribution is -0.144. The quantitative estimate of drug-likeness (QED) is 0.807. The first-order valence-corrected chi connectivity index (χ1v) is 9.66. The topological polar surface area (TPSA) is 74.1 Å². The molecule has 2 saturated heterocycles. The van der Waals surface area contributed by atoms with E-state index in [1.165, 1.54) is 0 Å². The molecule has 2 aromatic rings. The summed E-state index contributed by atoms with van der Waals surface area (Å²) >= 11 is 0. The summed E-state index contributed by atoms with van der Waals surface area (Å²) in [5, 5.41) is 4.59. The Morgan fingerprint density at radius 3 is 2.70 bits per heavy atom. The van der Waals surface area contributed by atoms with E-state index in [1.54, 1.807) is 10.7 Å². The molecular weight excluding hydrogens is 344 g/mol. The van der Waals surface area contributed by atoms with Gasteiger partial charge in [0.15, 0.2) is 5.65 Å². The number of hydrogen-bond donors (Lipinski definition) is 0. The van der Waals surface area contributed by atoms with Gasteiger partial charge in [-0.3, -0.25) is 9.59 Å². The third kappa shape index (κ3) is 3.48. The smallest absolute Gasteiger partial charge is 0.227 e. The Morgan fingerprint density at radius 2 is 1.96 bits per heavy atom. The van der Waals surface area contributed by atoms with Crippen molar-refractivity contribution in [1.29, 1.82) is 0 Å². The highest BCUT2D eigenvalue weighted by atomic mass is 16.2. The zero-order valence-corrected chi connectivity index (χ0v) is 15.9. The van der Waals surface area contributed by atoms with Crippen LogP contribution in [0.4, 0.5) is 5.82 Å². The maximum Gasteiger partial charge on any atom is 0.227 e. The molecule has 2 fully saturated rings. The number of carbonyl (C=O) groups excluding carboxylic acids is 2. The molecule has 0 bridgehead atoms. The van der Waals surface area contributed by atoms with Gasteiger partial charge in [-0.15, -0.1) is 5.10 Å². The van der Waals surface area contributed by atoms with E-state index < -0.39 is 0 Å². The van der Waals surface area contributed by atoms with Gasteiger partial charge in [-0.1, -0.05) is 0 Å². The van der Waals surface area contributed by atoms with Crippen LogP contribution in [-0.4, -0.2) is 75.0 Å². The van der Waals surface area contributed by atoms with E-state index >= 15 is 0 Å². The van der Waals surface area contributed by atoms with Gasteiger partial charge in [0.1, 0.15) is 5.82 Å². The van der Waals surface area contributed by atoms with Gasteiger partial charge in [0, 0.05) is 57.6 Å². The summed E-state index contributed by atoms with van der Waals surface area (Å²) in [4.78, 5) is 35.2. The molecule has 0 radical (unpaired) electrons. The Hall–Kier alpha value is -2.64. The van der Waals surface area contributed by atoms with Crippen molar-refractivity contribution in [3.8, 4) is 0 Å². The van der Waals surface area contributed by atoms with Crippen LogP contribution in [0, 0.1) is 5.92 Å². The molecule has 27 heavy (non-hydrogen) atoms. The van der Waals surface area contributed by atoms with E-state index in [4.69, 9.17) is 0 Å². The van der Waals surface area contributed by atoms with Crippen molar-refractivity contribution in [2.24, 2.45) is 5.92 Å². The number of hydrogen-bond acceptors (Lipinski definition) is 5. The highest BCUT2D eigenvalue weighted by Crippen LogP contribution is 2.23. The molecule has 2 aliphatic rings. The van der Waals surface area contributed by atoms with Crippen LogP contribution in [0.5, 0.6) is 0 Å². The van der Waals surface area contributed by atoms with Crippen LogP contribution < -0.4 is 4.90 Å². The molecule has 2 amide bonds. The molecule has 0 saturated carbocycles. The number of piperazine rings is 1. The summed E-state index contributed by atoms with van der Waals surface area (Å²) in [6, 6.07) is 4.08. The summed E-state index contributed by atoms with van der Waals surface area (Å²) in [5.41, 5.74) is 0.828. The first-order chi connectivity index (χ1) is 13.0. The number of aromatic nitrogens is 3. The van der Waals surface area contributed by atoms with Gasteiger partial charge in [0.25, 0.3) is 0 Å². The number of piperidine rings is 1. The Labute approximate surface area is 158 Å². The van der Waals surface area contributed by atoms with E-state index in [0.717, 1.165) is 24.6 Å². The maximum absolute atomic E-state index is 13.0. The number of anilines is 1. The first-order valence-electron chi connectivity index (χ1n) is 9.66. The molecule has 4 rings (SSSR count). The van der Waals surface area contributed by atoms with Gasteiger partial charge < -0.3 is 14.7 Å². The van der Waals surface area contributed by atoms with Crippen molar-refractivity contribution in [2.45, 2.75) is 32.7 Å². The number of rotatable bonds is 3. The summed E-state index contributed by atoms with van der Waals surface area (Å²) in [6.45, 7) is 7.47. The lowest BCUT2D eigenvalue weighted by Crippen LogP contribution is -2.54. The second kappa shape index (κ2) is 7.17. The maximum atomic E-state index is 13.0. The number of imidazole rings is 1. The van der Waals surface area contributed by atoms with Crippen LogP contribution in [0.2, 0.25) is 0 Å². The van der Waals surface area contributed by atoms with Crippen molar-refractivity contribution in [1.82, 2.24) is 24.4 Å². The average Bonchev–Trinajstić information content (AvgIpc) is 3.15. The second-order valence-electron chi connectivity index (χ2n) is 7.61. The van der Waals surface area contributed by atoms with Gasteiger partial charge in [-0.25, -0.2) is 9.50 Å². The number of likely N-dealkylation sites (tertiary alicyclic amines) is 1. The number of amides is 2. The summed E-state index contributed by atoms with van der Waals surface area (Å²) in [6.07, 6.45) is 4.71. The molecule has 8 nitrogen and oxygen atoms in total. The van der Waals surface area contributed by atoms with Gasteiger partial charge >= 0.3 is 0 Å². The Bertz CT molecular complexity index is 840. The minimum Gasteiger partial charge on any atom is -0.352 e. The minimum absolute atomic E-state index is 0.0722.